The quantitative estimate of drug-likeness (QED) is 0.628. The van der Waals surface area contributed by atoms with Crippen LogP contribution in [0.15, 0.2) is 0 Å². The molecular weight excluding hydrogens is 196 g/mol. The average molecular weight is 220 g/mol. The summed E-state index contributed by atoms with van der Waals surface area (Å²) in [6, 6.07) is 0. The van der Waals surface area contributed by atoms with E-state index in [0.29, 0.717) is 19.8 Å². The van der Waals surface area contributed by atoms with E-state index in [4.69, 9.17) is 14.6 Å². The molecule has 0 saturated heterocycles. The number of hydrogen-bond acceptors (Lipinski definition) is 4. The molecule has 15 heavy (non-hydrogen) atoms. The van der Waals surface area contributed by atoms with Gasteiger partial charge in [-0.15, -0.1) is 0 Å². The standard InChI is InChI=1S/C8H18O3.C3H6O/c1-2-3-5-10-7-8-11-6-4-9;1-3(2)4/h9H,2-8H2,1H3;1-2H3. The van der Waals surface area contributed by atoms with Crippen LogP contribution in [0.2, 0.25) is 0 Å². The fourth-order valence-electron chi connectivity index (χ4n) is 0.633. The van der Waals surface area contributed by atoms with Crippen LogP contribution < -0.4 is 0 Å². The predicted octanol–water partition coefficient (Wildman–Crippen LogP) is 1.41. The van der Waals surface area contributed by atoms with Crippen LogP contribution in [-0.4, -0.2) is 43.9 Å². The lowest BCUT2D eigenvalue weighted by atomic mass is 10.4. The maximum atomic E-state index is 9.44. The van der Waals surface area contributed by atoms with Crippen LogP contribution >= 0.6 is 0 Å². The highest BCUT2D eigenvalue weighted by Crippen LogP contribution is 1.87. The highest BCUT2D eigenvalue weighted by atomic mass is 16.5. The number of carbonyl (C=O) groups is 1. The molecule has 0 saturated carbocycles. The van der Waals surface area contributed by atoms with Crippen LogP contribution in [0.4, 0.5) is 0 Å². The molecular formula is C11H24O4. The van der Waals surface area contributed by atoms with Crippen molar-refractivity contribution in [2.24, 2.45) is 0 Å². The first-order chi connectivity index (χ1) is 7.15. The Morgan fingerprint density at radius 2 is 1.53 bits per heavy atom. The van der Waals surface area contributed by atoms with Gasteiger partial charge in [-0.2, -0.15) is 0 Å². The van der Waals surface area contributed by atoms with Crippen LogP contribution in [0.25, 0.3) is 0 Å². The minimum atomic E-state index is 0.0922. The zero-order valence-corrected chi connectivity index (χ0v) is 10.1. The summed E-state index contributed by atoms with van der Waals surface area (Å²) in [4.78, 5) is 9.44. The van der Waals surface area contributed by atoms with Gasteiger partial charge in [0.2, 0.25) is 0 Å². The number of hydrogen-bond donors (Lipinski definition) is 1. The van der Waals surface area contributed by atoms with Crippen molar-refractivity contribution in [3.8, 4) is 0 Å². The number of ether oxygens (including phenoxy) is 2. The monoisotopic (exact) mass is 220 g/mol. The molecule has 0 aliphatic carbocycles. The van der Waals surface area contributed by atoms with Crippen molar-refractivity contribution in [1.82, 2.24) is 0 Å². The van der Waals surface area contributed by atoms with Crippen molar-refractivity contribution in [2.75, 3.05) is 33.0 Å². The van der Waals surface area contributed by atoms with E-state index in [-0.39, 0.29) is 12.4 Å². The molecule has 0 aromatic carbocycles. The molecule has 0 atom stereocenters. The molecule has 0 rings (SSSR count). The highest BCUT2D eigenvalue weighted by Gasteiger charge is 1.87. The Bertz CT molecular complexity index is 114. The van der Waals surface area contributed by atoms with E-state index < -0.39 is 0 Å². The van der Waals surface area contributed by atoms with Crippen LogP contribution in [0.3, 0.4) is 0 Å². The molecule has 0 aliphatic heterocycles. The summed E-state index contributed by atoms with van der Waals surface area (Å²) in [7, 11) is 0. The van der Waals surface area contributed by atoms with Crippen LogP contribution in [0, 0.1) is 0 Å². The molecule has 4 nitrogen and oxygen atoms in total. The molecule has 0 bridgehead atoms. The molecule has 0 heterocycles. The van der Waals surface area contributed by atoms with Gasteiger partial charge in [-0.05, 0) is 20.3 Å². The van der Waals surface area contributed by atoms with Gasteiger partial charge < -0.3 is 19.4 Å². The van der Waals surface area contributed by atoms with E-state index in [1.165, 1.54) is 13.8 Å². The molecule has 1 N–H and O–H groups in total. The normalized spacial score (nSPS) is 9.33. The third kappa shape index (κ3) is 31.7. The van der Waals surface area contributed by atoms with Gasteiger partial charge in [0.1, 0.15) is 5.78 Å². The molecule has 0 aromatic heterocycles. The maximum Gasteiger partial charge on any atom is 0.126 e. The molecule has 0 spiro atoms. The molecule has 0 aromatic rings. The number of aliphatic hydroxyl groups is 1. The first kappa shape index (κ1) is 17.0. The zero-order chi connectivity index (χ0) is 11.9. The van der Waals surface area contributed by atoms with E-state index in [2.05, 4.69) is 6.92 Å². The number of rotatable bonds is 8. The lowest BCUT2D eigenvalue weighted by Crippen LogP contribution is -2.07. The summed E-state index contributed by atoms with van der Waals surface area (Å²) in [6.07, 6.45) is 2.28. The fourth-order valence-corrected chi connectivity index (χ4v) is 0.633. The Balaban J connectivity index is 0. The number of ketones is 1. The summed E-state index contributed by atoms with van der Waals surface area (Å²) in [6.45, 7) is 7.74. The lowest BCUT2D eigenvalue weighted by Gasteiger charge is -2.02. The Morgan fingerprint density at radius 3 is 1.93 bits per heavy atom. The number of Topliss-reactive ketones (excluding diaryl/α,β-unsaturated/α-hetero) is 1. The van der Waals surface area contributed by atoms with Gasteiger partial charge in [0.15, 0.2) is 0 Å². The summed E-state index contributed by atoms with van der Waals surface area (Å²) in [5.41, 5.74) is 0. The third-order valence-electron chi connectivity index (χ3n) is 1.25. The molecule has 0 fully saturated rings. The number of carbonyl (C=O) groups excluding carboxylic acids is 1. The zero-order valence-electron chi connectivity index (χ0n) is 10.1. The van der Waals surface area contributed by atoms with Crippen molar-refractivity contribution in [3.05, 3.63) is 0 Å². The SMILES string of the molecule is CC(C)=O.CCCCOCCOCCO. The molecule has 92 valence electrons. The smallest absolute Gasteiger partial charge is 0.126 e. The topological polar surface area (TPSA) is 55.8 Å². The van der Waals surface area contributed by atoms with Crippen molar-refractivity contribution >= 4 is 5.78 Å². The second-order valence-corrected chi connectivity index (χ2v) is 3.21. The lowest BCUT2D eigenvalue weighted by molar-refractivity contribution is -0.114. The summed E-state index contributed by atoms with van der Waals surface area (Å²) >= 11 is 0. The third-order valence-corrected chi connectivity index (χ3v) is 1.25. The minimum Gasteiger partial charge on any atom is -0.394 e. The number of aliphatic hydroxyl groups excluding tert-OH is 1. The van der Waals surface area contributed by atoms with Crippen LogP contribution in [-0.2, 0) is 14.3 Å². The van der Waals surface area contributed by atoms with E-state index >= 15 is 0 Å². The van der Waals surface area contributed by atoms with Gasteiger partial charge in [-0.1, -0.05) is 13.3 Å². The van der Waals surface area contributed by atoms with E-state index in [0.717, 1.165) is 19.4 Å². The molecule has 0 amide bonds. The first-order valence-corrected chi connectivity index (χ1v) is 5.38. The Morgan fingerprint density at radius 1 is 1.07 bits per heavy atom. The second kappa shape index (κ2) is 16.0. The van der Waals surface area contributed by atoms with E-state index in [9.17, 15) is 4.79 Å². The molecule has 4 heteroatoms. The second-order valence-electron chi connectivity index (χ2n) is 3.21. The Labute approximate surface area is 92.6 Å². The predicted molar refractivity (Wildman–Crippen MR) is 60.0 cm³/mol. The van der Waals surface area contributed by atoms with Gasteiger partial charge in [0.25, 0.3) is 0 Å². The van der Waals surface area contributed by atoms with Gasteiger partial charge >= 0.3 is 0 Å². The molecule has 0 unspecified atom stereocenters. The van der Waals surface area contributed by atoms with Gasteiger partial charge in [-0.3, -0.25) is 0 Å². The minimum absolute atomic E-state index is 0.0922. The summed E-state index contributed by atoms with van der Waals surface area (Å²) in [5, 5.41) is 8.34. The van der Waals surface area contributed by atoms with Crippen molar-refractivity contribution < 1.29 is 19.4 Å². The van der Waals surface area contributed by atoms with E-state index in [1.54, 1.807) is 0 Å². The molecule has 0 radical (unpaired) electrons. The Hall–Kier alpha value is -0.450. The fraction of sp³-hybridized carbons (Fsp3) is 0.909. The van der Waals surface area contributed by atoms with Gasteiger partial charge in [0, 0.05) is 6.61 Å². The van der Waals surface area contributed by atoms with E-state index in [1.807, 2.05) is 0 Å². The first-order valence-electron chi connectivity index (χ1n) is 5.38. The van der Waals surface area contributed by atoms with Crippen molar-refractivity contribution in [2.45, 2.75) is 33.6 Å². The van der Waals surface area contributed by atoms with Gasteiger partial charge in [-0.25, -0.2) is 0 Å². The van der Waals surface area contributed by atoms with Crippen LogP contribution in [0.5, 0.6) is 0 Å². The largest absolute Gasteiger partial charge is 0.394 e. The maximum absolute atomic E-state index is 9.44. The number of unbranched alkanes of at least 4 members (excludes halogenated alkanes) is 1. The van der Waals surface area contributed by atoms with Crippen molar-refractivity contribution in [3.63, 3.8) is 0 Å². The van der Waals surface area contributed by atoms with Gasteiger partial charge in [0.05, 0.1) is 26.4 Å². The average Bonchev–Trinajstić information content (AvgIpc) is 2.16. The highest BCUT2D eigenvalue weighted by molar-refractivity contribution is 5.72. The van der Waals surface area contributed by atoms with Crippen LogP contribution in [0.1, 0.15) is 33.6 Å². The Kier molecular flexibility index (Phi) is 18.1. The summed E-state index contributed by atoms with van der Waals surface area (Å²) in [5.74, 6) is 0.167. The van der Waals surface area contributed by atoms with Crippen molar-refractivity contribution in [1.29, 1.82) is 0 Å². The summed E-state index contributed by atoms with van der Waals surface area (Å²) < 4.78 is 10.2. The molecule has 0 aliphatic rings.